The molecule has 1 aromatic heterocycles. The first-order valence-corrected chi connectivity index (χ1v) is 9.39. The summed E-state index contributed by atoms with van der Waals surface area (Å²) in [6, 6.07) is 0.426. The Morgan fingerprint density at radius 1 is 1.37 bits per heavy atom. The van der Waals surface area contributed by atoms with Gasteiger partial charge in [0.1, 0.15) is 11.3 Å². The Balaban J connectivity index is 0.000000817. The zero-order valence-corrected chi connectivity index (χ0v) is 16.8. The summed E-state index contributed by atoms with van der Waals surface area (Å²) in [6.07, 6.45) is 3.08. The van der Waals surface area contributed by atoms with E-state index < -0.39 is 0 Å². The number of carbonyl (C=O) groups excluding carboxylic acids is 1. The number of hydrogen-bond acceptors (Lipinski definition) is 6. The summed E-state index contributed by atoms with van der Waals surface area (Å²) in [4.78, 5) is 25.6. The van der Waals surface area contributed by atoms with Gasteiger partial charge in [0, 0.05) is 26.2 Å². The van der Waals surface area contributed by atoms with Gasteiger partial charge in [-0.25, -0.2) is 0 Å². The Morgan fingerprint density at radius 3 is 2.48 bits per heavy atom. The lowest BCUT2D eigenvalue weighted by Gasteiger charge is -2.40. The van der Waals surface area contributed by atoms with Crippen LogP contribution in [0.1, 0.15) is 41.6 Å². The van der Waals surface area contributed by atoms with Gasteiger partial charge in [0.2, 0.25) is 0 Å². The van der Waals surface area contributed by atoms with Gasteiger partial charge < -0.3 is 24.2 Å². The molecule has 2 fully saturated rings. The predicted octanol–water partition coefficient (Wildman–Crippen LogP) is 1.67. The van der Waals surface area contributed by atoms with Crippen molar-refractivity contribution < 1.29 is 24.0 Å². The molecule has 0 spiro atoms. The largest absolute Gasteiger partial charge is 0.483 e. The molecular formula is C19H31N3O5. The van der Waals surface area contributed by atoms with Crippen LogP contribution >= 0.6 is 0 Å². The highest BCUT2D eigenvalue weighted by Crippen LogP contribution is 2.39. The van der Waals surface area contributed by atoms with Crippen molar-refractivity contribution in [2.45, 2.75) is 45.3 Å². The molecule has 1 N–H and O–H groups in total. The van der Waals surface area contributed by atoms with Gasteiger partial charge in [0.15, 0.2) is 0 Å². The first kappa shape index (κ1) is 21.4. The van der Waals surface area contributed by atoms with E-state index in [9.17, 15) is 4.79 Å². The van der Waals surface area contributed by atoms with Crippen LogP contribution in [0.5, 0.6) is 0 Å². The van der Waals surface area contributed by atoms with E-state index in [-0.39, 0.29) is 18.5 Å². The van der Waals surface area contributed by atoms with Crippen LogP contribution in [-0.2, 0) is 16.0 Å². The Labute approximate surface area is 160 Å². The van der Waals surface area contributed by atoms with Crippen molar-refractivity contribution in [1.29, 1.82) is 0 Å². The molecule has 2 heterocycles. The van der Waals surface area contributed by atoms with Gasteiger partial charge in [-0.15, -0.1) is 0 Å². The molecule has 0 radical (unpaired) electrons. The second-order valence-corrected chi connectivity index (χ2v) is 7.53. The molecule has 152 valence electrons. The average molecular weight is 381 g/mol. The monoisotopic (exact) mass is 381 g/mol. The molecule has 0 unspecified atom stereocenters. The Kier molecular flexibility index (Phi) is 7.38. The third-order valence-electron chi connectivity index (χ3n) is 5.82. The van der Waals surface area contributed by atoms with Crippen molar-refractivity contribution in [2.75, 3.05) is 34.3 Å². The highest BCUT2D eigenvalue weighted by atomic mass is 16.5. The predicted molar refractivity (Wildman–Crippen MR) is 99.7 cm³/mol. The van der Waals surface area contributed by atoms with Crippen molar-refractivity contribution in [3.8, 4) is 0 Å². The summed E-state index contributed by atoms with van der Waals surface area (Å²) in [5, 5.41) is 10.9. The molecule has 3 rings (SSSR count). The molecule has 27 heavy (non-hydrogen) atoms. The van der Waals surface area contributed by atoms with Crippen LogP contribution in [0.3, 0.4) is 0 Å². The number of nitrogens with zero attached hydrogens (tertiary/aromatic N) is 3. The second-order valence-electron chi connectivity index (χ2n) is 7.53. The average Bonchev–Trinajstić information content (AvgIpc) is 3.23. The molecule has 2 aliphatic rings. The van der Waals surface area contributed by atoms with Crippen LogP contribution in [0.25, 0.3) is 0 Å². The van der Waals surface area contributed by atoms with Crippen LogP contribution in [0.2, 0.25) is 0 Å². The molecule has 1 saturated carbocycles. The zero-order valence-electron chi connectivity index (χ0n) is 16.8. The zero-order chi connectivity index (χ0) is 20.1. The summed E-state index contributed by atoms with van der Waals surface area (Å²) in [7, 11) is 6.03. The molecule has 1 aliphatic carbocycles. The van der Waals surface area contributed by atoms with E-state index in [0.29, 0.717) is 35.6 Å². The summed E-state index contributed by atoms with van der Waals surface area (Å²) in [6.45, 7) is 5.23. The van der Waals surface area contributed by atoms with E-state index in [4.69, 9.17) is 19.2 Å². The summed E-state index contributed by atoms with van der Waals surface area (Å²) in [5.74, 6) is 1.79. The van der Waals surface area contributed by atoms with Crippen LogP contribution < -0.4 is 0 Å². The maximum Gasteiger partial charge on any atom is 0.290 e. The number of carbonyl (C=O) groups is 2. The smallest absolute Gasteiger partial charge is 0.290 e. The highest BCUT2D eigenvalue weighted by molar-refractivity contribution is 5.96. The Morgan fingerprint density at radius 2 is 1.96 bits per heavy atom. The Hall–Kier alpha value is -1.93. The third-order valence-corrected chi connectivity index (χ3v) is 5.82. The molecule has 0 aromatic carbocycles. The number of amides is 1. The van der Waals surface area contributed by atoms with E-state index in [2.05, 4.69) is 24.2 Å². The van der Waals surface area contributed by atoms with Crippen molar-refractivity contribution in [3.63, 3.8) is 0 Å². The quantitative estimate of drug-likeness (QED) is 0.793. The van der Waals surface area contributed by atoms with Crippen molar-refractivity contribution in [3.05, 3.63) is 17.0 Å². The fourth-order valence-corrected chi connectivity index (χ4v) is 4.44. The first-order valence-electron chi connectivity index (χ1n) is 9.39. The van der Waals surface area contributed by atoms with Crippen molar-refractivity contribution >= 4 is 12.4 Å². The summed E-state index contributed by atoms with van der Waals surface area (Å²) < 4.78 is 11.0. The number of likely N-dealkylation sites (N-methyl/N-ethyl adjacent to an activating group) is 1. The minimum absolute atomic E-state index is 0.0790. The number of aromatic nitrogens is 1. The SMILES string of the molecule is CCc1noc(C)c1C(=O)N1C[C@H]2C[C@@H](N(C)C)[C@H](OC)C[C@H]2C1.O=CO. The van der Waals surface area contributed by atoms with Gasteiger partial charge in [-0.05, 0) is 52.1 Å². The lowest BCUT2D eigenvalue weighted by Crippen LogP contribution is -2.47. The van der Waals surface area contributed by atoms with Crippen LogP contribution in [0.15, 0.2) is 4.52 Å². The number of methoxy groups -OCH3 is 1. The van der Waals surface area contributed by atoms with Crippen molar-refractivity contribution in [1.82, 2.24) is 15.0 Å². The van der Waals surface area contributed by atoms with Crippen LogP contribution in [0.4, 0.5) is 0 Å². The van der Waals surface area contributed by atoms with Gasteiger partial charge in [-0.1, -0.05) is 12.1 Å². The molecule has 4 atom stereocenters. The minimum Gasteiger partial charge on any atom is -0.483 e. The first-order chi connectivity index (χ1) is 12.9. The topological polar surface area (TPSA) is 96.1 Å². The molecular weight excluding hydrogens is 350 g/mol. The van der Waals surface area contributed by atoms with Crippen molar-refractivity contribution in [2.24, 2.45) is 11.8 Å². The minimum atomic E-state index is -0.250. The lowest BCUT2D eigenvalue weighted by atomic mass is 9.77. The normalized spacial score (nSPS) is 27.1. The maximum atomic E-state index is 13.0. The van der Waals surface area contributed by atoms with E-state index in [1.54, 1.807) is 7.11 Å². The van der Waals surface area contributed by atoms with Gasteiger partial charge >= 0.3 is 0 Å². The standard InChI is InChI=1S/C18H29N3O3.CH2O2/c1-6-14-17(11(2)24-19-14)18(22)21-9-12-7-15(20(3)4)16(23-5)8-13(12)10-21;2-1-3/h12-13,15-16H,6-10H2,1-5H3;1H,(H,2,3)/t12-,13+,15-,16-;/m1./s1. The number of ether oxygens (including phenoxy) is 1. The molecule has 1 aromatic rings. The molecule has 8 nitrogen and oxygen atoms in total. The van der Waals surface area contributed by atoms with E-state index >= 15 is 0 Å². The van der Waals surface area contributed by atoms with Gasteiger partial charge in [0.05, 0.1) is 11.8 Å². The van der Waals surface area contributed by atoms with Gasteiger partial charge in [-0.2, -0.15) is 0 Å². The number of hydrogen-bond donors (Lipinski definition) is 1. The number of rotatable bonds is 4. The van der Waals surface area contributed by atoms with E-state index in [1.165, 1.54) is 0 Å². The van der Waals surface area contributed by atoms with Crippen LogP contribution in [-0.4, -0.2) is 78.9 Å². The van der Waals surface area contributed by atoms with E-state index in [1.807, 2.05) is 18.7 Å². The number of carboxylic acid groups (broad SMARTS) is 1. The number of aryl methyl sites for hydroxylation is 2. The molecule has 0 bridgehead atoms. The summed E-state index contributed by atoms with van der Waals surface area (Å²) in [5.41, 5.74) is 1.44. The van der Waals surface area contributed by atoms with Crippen LogP contribution in [0, 0.1) is 18.8 Å². The second kappa shape index (κ2) is 9.32. The number of fused-ring (bicyclic) bond motifs is 1. The molecule has 1 amide bonds. The Bertz CT molecular complexity index is 645. The fourth-order valence-electron chi connectivity index (χ4n) is 4.44. The fraction of sp³-hybridized carbons (Fsp3) is 0.737. The third kappa shape index (κ3) is 4.50. The van der Waals surface area contributed by atoms with Gasteiger partial charge in [0.25, 0.3) is 12.4 Å². The molecule has 8 heteroatoms. The summed E-state index contributed by atoms with van der Waals surface area (Å²) >= 11 is 0. The maximum absolute atomic E-state index is 13.0. The van der Waals surface area contributed by atoms with Gasteiger partial charge in [-0.3, -0.25) is 9.59 Å². The lowest BCUT2D eigenvalue weighted by molar-refractivity contribution is -0.122. The number of likely N-dealkylation sites (tertiary alicyclic amines) is 1. The van der Waals surface area contributed by atoms with E-state index in [0.717, 1.165) is 31.6 Å². The highest BCUT2D eigenvalue weighted by Gasteiger charge is 2.44. The molecule has 1 saturated heterocycles. The molecule has 1 aliphatic heterocycles.